The van der Waals surface area contributed by atoms with Crippen LogP contribution in [0.5, 0.6) is 5.75 Å². The fourth-order valence-electron chi connectivity index (χ4n) is 4.41. The number of carbonyl (C=O) groups is 2. The molecule has 3 rings (SSSR count). The van der Waals surface area contributed by atoms with E-state index in [1.165, 1.54) is 5.56 Å². The molecule has 0 aliphatic carbocycles. The average Bonchev–Trinajstić information content (AvgIpc) is 3.27. The number of hydrogen-bond donors (Lipinski definition) is 3. The fourth-order valence-corrected chi connectivity index (χ4v) is 4.41. The number of phenolic OH excluding ortho intramolecular Hbond substituents is 1. The van der Waals surface area contributed by atoms with Gasteiger partial charge in [0.15, 0.2) is 0 Å². The minimum Gasteiger partial charge on any atom is -0.508 e. The lowest BCUT2D eigenvalue weighted by molar-refractivity contribution is -0.134. The molecule has 0 radical (unpaired) electrons. The highest BCUT2D eigenvalue weighted by atomic mass is 16.6. The first kappa shape index (κ1) is 26.5. The normalized spacial score (nSPS) is 16.7. The Morgan fingerprint density at radius 3 is 2.46 bits per heavy atom. The molecule has 2 atom stereocenters. The summed E-state index contributed by atoms with van der Waals surface area (Å²) in [5.41, 5.74) is 1.53. The zero-order chi connectivity index (χ0) is 25.3. The Morgan fingerprint density at radius 1 is 1.06 bits per heavy atom. The number of amides is 2. The minimum absolute atomic E-state index is 0.0497. The molecule has 2 aromatic rings. The Bertz CT molecular complexity index is 941. The third kappa shape index (κ3) is 8.91. The molecule has 3 N–H and O–H groups in total. The van der Waals surface area contributed by atoms with Gasteiger partial charge in [0.05, 0.1) is 0 Å². The van der Waals surface area contributed by atoms with Crippen LogP contribution in [0, 0.1) is 0 Å². The molecule has 35 heavy (non-hydrogen) atoms. The highest BCUT2D eigenvalue weighted by molar-refractivity contribution is 5.86. The number of phenols is 1. The largest absolute Gasteiger partial charge is 0.508 e. The minimum atomic E-state index is -0.671. The second-order valence-corrected chi connectivity index (χ2v) is 10.2. The molecule has 1 saturated heterocycles. The summed E-state index contributed by atoms with van der Waals surface area (Å²) in [6, 6.07) is 16.5. The highest BCUT2D eigenvalue weighted by Gasteiger charge is 2.34. The van der Waals surface area contributed by atoms with Gasteiger partial charge in [-0.15, -0.1) is 0 Å². The van der Waals surface area contributed by atoms with Crippen molar-refractivity contribution in [3.05, 3.63) is 65.7 Å². The summed E-state index contributed by atoms with van der Waals surface area (Å²) < 4.78 is 5.44. The predicted octanol–water partition coefficient (Wildman–Crippen LogP) is 4.04. The van der Waals surface area contributed by atoms with E-state index in [0.717, 1.165) is 44.3 Å². The summed E-state index contributed by atoms with van der Waals surface area (Å²) in [6.07, 6.45) is 3.54. The molecule has 0 aromatic heterocycles. The second-order valence-electron chi connectivity index (χ2n) is 10.2. The molecule has 1 fully saturated rings. The van der Waals surface area contributed by atoms with Crippen LogP contribution in [0.4, 0.5) is 4.79 Å². The van der Waals surface area contributed by atoms with Gasteiger partial charge in [-0.05, 0) is 82.8 Å². The molecule has 190 valence electrons. The number of ether oxygens (including phenoxy) is 1. The average molecular weight is 482 g/mol. The van der Waals surface area contributed by atoms with Gasteiger partial charge in [-0.1, -0.05) is 42.5 Å². The molecule has 0 spiro atoms. The molecule has 7 heteroatoms. The van der Waals surface area contributed by atoms with Gasteiger partial charge in [-0.3, -0.25) is 4.79 Å². The van der Waals surface area contributed by atoms with Crippen LogP contribution in [-0.4, -0.2) is 59.3 Å². The van der Waals surface area contributed by atoms with Gasteiger partial charge >= 0.3 is 6.09 Å². The van der Waals surface area contributed by atoms with Crippen LogP contribution in [0.2, 0.25) is 0 Å². The number of carbonyl (C=O) groups excluding carboxylic acids is 2. The standard InChI is InChI=1S/C28H39N3O4/c1-28(2,3)35-27(34)30-25(20-22-8-5-4-6-9-22)26(33)31-19-7-10-23(31)16-18-29-17-15-21-11-13-24(32)14-12-21/h4-6,8-9,11-14,23,25,29,32H,7,10,15-20H2,1-3H3,(H,30,34)/t23-,25?/m0/s1. The van der Waals surface area contributed by atoms with Crippen LogP contribution >= 0.6 is 0 Å². The first-order valence-electron chi connectivity index (χ1n) is 12.5. The van der Waals surface area contributed by atoms with Crippen molar-refractivity contribution in [1.82, 2.24) is 15.5 Å². The number of nitrogens with zero attached hydrogens (tertiary/aromatic N) is 1. The fraction of sp³-hybridized carbons (Fsp3) is 0.500. The number of benzene rings is 2. The summed E-state index contributed by atoms with van der Waals surface area (Å²) in [4.78, 5) is 28.0. The Kier molecular flexibility index (Phi) is 9.55. The van der Waals surface area contributed by atoms with Gasteiger partial charge in [0.1, 0.15) is 17.4 Å². The SMILES string of the molecule is CC(C)(C)OC(=O)NC(Cc1ccccc1)C(=O)N1CCC[C@H]1CCNCCc1ccc(O)cc1. The summed E-state index contributed by atoms with van der Waals surface area (Å²) in [7, 11) is 0. The lowest BCUT2D eigenvalue weighted by Crippen LogP contribution is -2.52. The Balaban J connectivity index is 1.55. The molecule has 1 aliphatic heterocycles. The van der Waals surface area contributed by atoms with Gasteiger partial charge < -0.3 is 25.4 Å². The third-order valence-corrected chi connectivity index (χ3v) is 6.11. The first-order valence-corrected chi connectivity index (χ1v) is 12.5. The van der Waals surface area contributed by atoms with E-state index in [1.807, 2.05) is 68.1 Å². The van der Waals surface area contributed by atoms with Crippen molar-refractivity contribution in [2.75, 3.05) is 19.6 Å². The van der Waals surface area contributed by atoms with Crippen LogP contribution in [0.3, 0.4) is 0 Å². The molecule has 1 heterocycles. The van der Waals surface area contributed by atoms with E-state index >= 15 is 0 Å². The lowest BCUT2D eigenvalue weighted by Gasteiger charge is -2.30. The van der Waals surface area contributed by atoms with Crippen molar-refractivity contribution in [3.8, 4) is 5.75 Å². The zero-order valence-corrected chi connectivity index (χ0v) is 21.1. The molecule has 1 unspecified atom stereocenters. The zero-order valence-electron chi connectivity index (χ0n) is 21.1. The molecular weight excluding hydrogens is 442 g/mol. The van der Waals surface area contributed by atoms with E-state index in [-0.39, 0.29) is 17.7 Å². The monoisotopic (exact) mass is 481 g/mol. The molecule has 2 amide bonds. The number of rotatable bonds is 10. The van der Waals surface area contributed by atoms with Gasteiger partial charge in [0.2, 0.25) is 5.91 Å². The third-order valence-electron chi connectivity index (χ3n) is 6.11. The van der Waals surface area contributed by atoms with Gasteiger partial charge in [0, 0.05) is 19.0 Å². The highest BCUT2D eigenvalue weighted by Crippen LogP contribution is 2.22. The number of nitrogens with one attached hydrogen (secondary N) is 2. The quantitative estimate of drug-likeness (QED) is 0.446. The van der Waals surface area contributed by atoms with Gasteiger partial charge in [0.25, 0.3) is 0 Å². The maximum atomic E-state index is 13.6. The van der Waals surface area contributed by atoms with Crippen molar-refractivity contribution in [2.24, 2.45) is 0 Å². The molecule has 7 nitrogen and oxygen atoms in total. The number of alkyl carbamates (subject to hydrolysis) is 1. The first-order chi connectivity index (χ1) is 16.7. The van der Waals surface area contributed by atoms with Gasteiger partial charge in [-0.2, -0.15) is 0 Å². The van der Waals surface area contributed by atoms with Crippen LogP contribution in [0.25, 0.3) is 0 Å². The van der Waals surface area contributed by atoms with Crippen LogP contribution < -0.4 is 10.6 Å². The van der Waals surface area contributed by atoms with E-state index in [9.17, 15) is 14.7 Å². The second kappa shape index (κ2) is 12.6. The number of aromatic hydroxyl groups is 1. The molecule has 1 aliphatic rings. The Morgan fingerprint density at radius 2 is 1.77 bits per heavy atom. The van der Waals surface area contributed by atoms with Crippen molar-refractivity contribution in [1.29, 1.82) is 0 Å². The Hall–Kier alpha value is -3.06. The van der Waals surface area contributed by atoms with Crippen LogP contribution in [-0.2, 0) is 22.4 Å². The summed E-state index contributed by atoms with van der Waals surface area (Å²) in [6.45, 7) is 7.79. The summed E-state index contributed by atoms with van der Waals surface area (Å²) in [5.74, 6) is 0.228. The lowest BCUT2D eigenvalue weighted by atomic mass is 10.0. The molecule has 0 bridgehead atoms. The number of likely N-dealkylation sites (tertiary alicyclic amines) is 1. The van der Waals surface area contributed by atoms with E-state index in [1.54, 1.807) is 12.1 Å². The van der Waals surface area contributed by atoms with Crippen molar-refractivity contribution in [2.45, 2.75) is 70.6 Å². The molecule has 2 aromatic carbocycles. The Labute approximate surface area is 208 Å². The molecular formula is C28H39N3O4. The summed E-state index contributed by atoms with van der Waals surface area (Å²) in [5, 5.41) is 15.7. The van der Waals surface area contributed by atoms with Crippen LogP contribution in [0.15, 0.2) is 54.6 Å². The predicted molar refractivity (Wildman–Crippen MR) is 137 cm³/mol. The van der Waals surface area contributed by atoms with E-state index in [0.29, 0.717) is 13.0 Å². The van der Waals surface area contributed by atoms with Crippen molar-refractivity contribution >= 4 is 12.0 Å². The number of hydrogen-bond acceptors (Lipinski definition) is 5. The van der Waals surface area contributed by atoms with Crippen molar-refractivity contribution < 1.29 is 19.4 Å². The molecule has 0 saturated carbocycles. The van der Waals surface area contributed by atoms with E-state index < -0.39 is 17.7 Å². The summed E-state index contributed by atoms with van der Waals surface area (Å²) >= 11 is 0. The van der Waals surface area contributed by atoms with Crippen molar-refractivity contribution in [3.63, 3.8) is 0 Å². The van der Waals surface area contributed by atoms with E-state index in [2.05, 4.69) is 10.6 Å². The maximum absolute atomic E-state index is 13.6. The topological polar surface area (TPSA) is 90.9 Å². The smallest absolute Gasteiger partial charge is 0.408 e. The van der Waals surface area contributed by atoms with Crippen LogP contribution in [0.1, 0.15) is 51.2 Å². The van der Waals surface area contributed by atoms with Gasteiger partial charge in [-0.25, -0.2) is 4.79 Å². The van der Waals surface area contributed by atoms with E-state index in [4.69, 9.17) is 4.74 Å². The maximum Gasteiger partial charge on any atom is 0.408 e.